The van der Waals surface area contributed by atoms with Crippen LogP contribution in [0.5, 0.6) is 0 Å². The van der Waals surface area contributed by atoms with Crippen LogP contribution >= 0.6 is 0 Å². The van der Waals surface area contributed by atoms with Crippen molar-refractivity contribution in [3.63, 3.8) is 0 Å². The zero-order valence-electron chi connectivity index (χ0n) is 10.5. The number of hydrogen-bond acceptors (Lipinski definition) is 2. The van der Waals surface area contributed by atoms with Gasteiger partial charge in [0.1, 0.15) is 0 Å². The van der Waals surface area contributed by atoms with Gasteiger partial charge in [0, 0.05) is 12.2 Å². The number of piperidine rings is 1. The molecule has 0 bridgehead atoms. The van der Waals surface area contributed by atoms with E-state index in [0.29, 0.717) is 0 Å². The van der Waals surface area contributed by atoms with Crippen molar-refractivity contribution in [3.05, 3.63) is 29.3 Å². The Morgan fingerprint density at radius 1 is 1.29 bits per heavy atom. The van der Waals surface area contributed by atoms with Gasteiger partial charge >= 0.3 is 0 Å². The van der Waals surface area contributed by atoms with Gasteiger partial charge in [0.2, 0.25) is 5.91 Å². The summed E-state index contributed by atoms with van der Waals surface area (Å²) < 4.78 is 0. The fraction of sp³-hybridized carbons (Fsp3) is 0.500. The molecule has 2 rings (SSSR count). The average molecular weight is 232 g/mol. The highest BCUT2D eigenvalue weighted by Gasteiger charge is 2.20. The number of carbonyl (C=O) groups excluding carboxylic acids is 1. The normalized spacial score (nSPS) is 20.0. The zero-order chi connectivity index (χ0) is 12.3. The molecule has 92 valence electrons. The highest BCUT2D eigenvalue weighted by Crippen LogP contribution is 2.17. The average Bonchev–Trinajstić information content (AvgIpc) is 2.28. The number of aryl methyl sites for hydroxylation is 2. The molecule has 17 heavy (non-hydrogen) atoms. The molecular weight excluding hydrogens is 212 g/mol. The lowest BCUT2D eigenvalue weighted by Crippen LogP contribution is -2.37. The number of benzene rings is 1. The van der Waals surface area contributed by atoms with Crippen molar-refractivity contribution in [2.45, 2.75) is 26.7 Å². The first-order valence-electron chi connectivity index (χ1n) is 6.25. The Labute approximate surface area is 103 Å². The van der Waals surface area contributed by atoms with E-state index in [2.05, 4.69) is 16.7 Å². The third-order valence-electron chi connectivity index (χ3n) is 3.16. The predicted molar refractivity (Wildman–Crippen MR) is 70.1 cm³/mol. The molecule has 1 fully saturated rings. The molecule has 2 N–H and O–H groups in total. The lowest BCUT2D eigenvalue weighted by Gasteiger charge is -2.22. The molecule has 0 spiro atoms. The molecule has 3 heteroatoms. The Hall–Kier alpha value is -1.35. The van der Waals surface area contributed by atoms with Gasteiger partial charge < -0.3 is 10.6 Å². The predicted octanol–water partition coefficient (Wildman–Crippen LogP) is 2.24. The Morgan fingerprint density at radius 2 is 2.00 bits per heavy atom. The fourth-order valence-electron chi connectivity index (χ4n) is 2.37. The number of anilines is 1. The van der Waals surface area contributed by atoms with E-state index in [1.54, 1.807) is 0 Å². The number of amides is 1. The minimum atomic E-state index is 0.115. The molecule has 1 amide bonds. The summed E-state index contributed by atoms with van der Waals surface area (Å²) in [5, 5.41) is 6.28. The molecule has 0 saturated carbocycles. The largest absolute Gasteiger partial charge is 0.326 e. The summed E-state index contributed by atoms with van der Waals surface area (Å²) in [6.45, 7) is 5.93. The van der Waals surface area contributed by atoms with E-state index in [-0.39, 0.29) is 11.8 Å². The molecule has 3 nitrogen and oxygen atoms in total. The van der Waals surface area contributed by atoms with Crippen molar-refractivity contribution in [2.24, 2.45) is 5.92 Å². The van der Waals surface area contributed by atoms with Crippen LogP contribution in [-0.2, 0) is 4.79 Å². The van der Waals surface area contributed by atoms with Crippen LogP contribution in [0.15, 0.2) is 18.2 Å². The lowest BCUT2D eigenvalue weighted by atomic mass is 9.98. The Bertz CT molecular complexity index is 388. The maximum atomic E-state index is 12.0. The maximum absolute atomic E-state index is 12.0. The monoisotopic (exact) mass is 232 g/mol. The van der Waals surface area contributed by atoms with Crippen molar-refractivity contribution in [2.75, 3.05) is 18.4 Å². The molecule has 0 radical (unpaired) electrons. The van der Waals surface area contributed by atoms with Crippen molar-refractivity contribution in [3.8, 4) is 0 Å². The van der Waals surface area contributed by atoms with Gasteiger partial charge in [-0.25, -0.2) is 0 Å². The van der Waals surface area contributed by atoms with Crippen molar-refractivity contribution < 1.29 is 4.79 Å². The van der Waals surface area contributed by atoms with E-state index in [9.17, 15) is 4.79 Å². The number of rotatable bonds is 2. The van der Waals surface area contributed by atoms with Gasteiger partial charge in [-0.2, -0.15) is 0 Å². The van der Waals surface area contributed by atoms with Gasteiger partial charge in [-0.1, -0.05) is 6.07 Å². The van der Waals surface area contributed by atoms with Crippen molar-refractivity contribution in [1.29, 1.82) is 0 Å². The zero-order valence-corrected chi connectivity index (χ0v) is 10.5. The number of nitrogens with one attached hydrogen (secondary N) is 2. The van der Waals surface area contributed by atoms with Crippen LogP contribution in [-0.4, -0.2) is 19.0 Å². The second kappa shape index (κ2) is 5.32. The topological polar surface area (TPSA) is 41.1 Å². The molecule has 1 aliphatic rings. The van der Waals surface area contributed by atoms with Gasteiger partial charge in [0.25, 0.3) is 0 Å². The van der Waals surface area contributed by atoms with Gasteiger partial charge in [0.05, 0.1) is 5.92 Å². The summed E-state index contributed by atoms with van der Waals surface area (Å²) in [5.41, 5.74) is 3.28. The minimum Gasteiger partial charge on any atom is -0.326 e. The van der Waals surface area contributed by atoms with Gasteiger partial charge in [-0.05, 0) is 56.5 Å². The second-order valence-corrected chi connectivity index (χ2v) is 4.91. The number of carbonyl (C=O) groups is 1. The van der Waals surface area contributed by atoms with Crippen LogP contribution in [0.25, 0.3) is 0 Å². The molecule has 0 aliphatic carbocycles. The van der Waals surface area contributed by atoms with Crippen LogP contribution in [0, 0.1) is 19.8 Å². The van der Waals surface area contributed by atoms with E-state index in [4.69, 9.17) is 0 Å². The molecule has 1 aliphatic heterocycles. The van der Waals surface area contributed by atoms with E-state index in [1.807, 2.05) is 26.0 Å². The van der Waals surface area contributed by atoms with Crippen LogP contribution in [0.4, 0.5) is 5.69 Å². The van der Waals surface area contributed by atoms with Gasteiger partial charge in [0.15, 0.2) is 0 Å². The highest BCUT2D eigenvalue weighted by molar-refractivity contribution is 5.92. The first kappa shape index (κ1) is 12.1. The molecule has 1 heterocycles. The van der Waals surface area contributed by atoms with E-state index < -0.39 is 0 Å². The number of hydrogen-bond donors (Lipinski definition) is 2. The summed E-state index contributed by atoms with van der Waals surface area (Å²) in [6, 6.07) is 6.14. The van der Waals surface area contributed by atoms with Crippen LogP contribution < -0.4 is 10.6 Å². The van der Waals surface area contributed by atoms with E-state index in [1.165, 1.54) is 11.1 Å². The first-order chi connectivity index (χ1) is 8.15. The van der Waals surface area contributed by atoms with Gasteiger partial charge in [-0.15, -0.1) is 0 Å². The molecule has 0 unspecified atom stereocenters. The summed E-state index contributed by atoms with van der Waals surface area (Å²) in [5.74, 6) is 0.256. The minimum absolute atomic E-state index is 0.115. The van der Waals surface area contributed by atoms with Crippen LogP contribution in [0.3, 0.4) is 0 Å². The summed E-state index contributed by atoms with van der Waals surface area (Å²) in [4.78, 5) is 12.0. The summed E-state index contributed by atoms with van der Waals surface area (Å²) >= 11 is 0. The third-order valence-corrected chi connectivity index (χ3v) is 3.16. The highest BCUT2D eigenvalue weighted by atomic mass is 16.1. The maximum Gasteiger partial charge on any atom is 0.228 e. The fourth-order valence-corrected chi connectivity index (χ4v) is 2.37. The molecule has 1 aromatic carbocycles. The van der Waals surface area contributed by atoms with Crippen LogP contribution in [0.2, 0.25) is 0 Å². The van der Waals surface area contributed by atoms with E-state index >= 15 is 0 Å². The van der Waals surface area contributed by atoms with Crippen molar-refractivity contribution in [1.82, 2.24) is 5.32 Å². The van der Waals surface area contributed by atoms with E-state index in [0.717, 1.165) is 31.6 Å². The Balaban J connectivity index is 2.01. The molecular formula is C14H20N2O. The Morgan fingerprint density at radius 3 is 2.59 bits per heavy atom. The summed E-state index contributed by atoms with van der Waals surface area (Å²) in [6.07, 6.45) is 2.08. The second-order valence-electron chi connectivity index (χ2n) is 4.91. The Kier molecular flexibility index (Phi) is 3.79. The lowest BCUT2D eigenvalue weighted by molar-refractivity contribution is -0.120. The third kappa shape index (κ3) is 3.30. The van der Waals surface area contributed by atoms with Gasteiger partial charge in [-0.3, -0.25) is 4.79 Å². The van der Waals surface area contributed by atoms with Crippen LogP contribution in [0.1, 0.15) is 24.0 Å². The molecule has 1 saturated heterocycles. The molecule has 1 atom stereocenters. The SMILES string of the molecule is Cc1cc(C)cc(NC(=O)[C@H]2CCCNC2)c1. The quantitative estimate of drug-likeness (QED) is 0.821. The molecule has 1 aromatic rings. The standard InChI is InChI=1S/C14H20N2O/c1-10-6-11(2)8-13(7-10)16-14(17)12-4-3-5-15-9-12/h6-8,12,15H,3-5,9H2,1-2H3,(H,16,17)/t12-/m0/s1. The first-order valence-corrected chi connectivity index (χ1v) is 6.25. The van der Waals surface area contributed by atoms with Crippen molar-refractivity contribution >= 4 is 11.6 Å². The molecule has 0 aromatic heterocycles. The smallest absolute Gasteiger partial charge is 0.228 e. The summed E-state index contributed by atoms with van der Waals surface area (Å²) in [7, 11) is 0.